The van der Waals surface area contributed by atoms with Crippen LogP contribution in [0, 0.1) is 5.41 Å². The topological polar surface area (TPSA) is 49.3 Å². The molecule has 1 saturated carbocycles. The second-order valence-electron chi connectivity index (χ2n) is 5.66. The van der Waals surface area contributed by atoms with Crippen LogP contribution in [-0.4, -0.2) is 29.9 Å². The fourth-order valence-corrected chi connectivity index (χ4v) is 3.24. The third-order valence-corrected chi connectivity index (χ3v) is 5.24. The first kappa shape index (κ1) is 16.7. The van der Waals surface area contributed by atoms with E-state index in [9.17, 15) is 4.79 Å². The Hall–Kier alpha value is -0.710. The number of benzene rings is 1. The molecule has 0 radical (unpaired) electrons. The van der Waals surface area contributed by atoms with Crippen LogP contribution in [0.25, 0.3) is 0 Å². The van der Waals surface area contributed by atoms with Crippen LogP contribution >= 0.6 is 23.4 Å². The Morgan fingerprint density at radius 2 is 2.05 bits per heavy atom. The first-order chi connectivity index (χ1) is 10.1. The van der Waals surface area contributed by atoms with Gasteiger partial charge in [-0.05, 0) is 61.1 Å². The van der Waals surface area contributed by atoms with Crippen molar-refractivity contribution in [3.8, 4) is 0 Å². The number of aliphatic hydroxyl groups excluding tert-OH is 1. The van der Waals surface area contributed by atoms with Gasteiger partial charge in [-0.1, -0.05) is 11.6 Å². The van der Waals surface area contributed by atoms with Crippen LogP contribution in [0.5, 0.6) is 0 Å². The van der Waals surface area contributed by atoms with Crippen LogP contribution in [0.15, 0.2) is 29.2 Å². The van der Waals surface area contributed by atoms with Gasteiger partial charge < -0.3 is 10.4 Å². The van der Waals surface area contributed by atoms with Crippen LogP contribution in [0.4, 0.5) is 0 Å². The third kappa shape index (κ3) is 5.89. The minimum absolute atomic E-state index is 0.121. The number of carbonyl (C=O) groups excluding carboxylic acids is 1. The zero-order chi connectivity index (χ0) is 15.1. The molecule has 0 bridgehead atoms. The summed E-state index contributed by atoms with van der Waals surface area (Å²) >= 11 is 7.58. The van der Waals surface area contributed by atoms with E-state index in [2.05, 4.69) is 5.32 Å². The number of amides is 1. The molecule has 1 aliphatic carbocycles. The molecule has 0 heterocycles. The highest BCUT2D eigenvalue weighted by molar-refractivity contribution is 7.99. The Morgan fingerprint density at radius 3 is 2.67 bits per heavy atom. The van der Waals surface area contributed by atoms with Crippen molar-refractivity contribution >= 4 is 29.3 Å². The van der Waals surface area contributed by atoms with E-state index in [1.54, 1.807) is 11.8 Å². The second-order valence-corrected chi connectivity index (χ2v) is 7.26. The molecule has 0 unspecified atom stereocenters. The molecular weight excluding hydrogens is 306 g/mol. The summed E-state index contributed by atoms with van der Waals surface area (Å²) in [5, 5.41) is 12.7. The molecule has 0 aliphatic heterocycles. The molecule has 0 aromatic heterocycles. The fourth-order valence-electron chi connectivity index (χ4n) is 2.26. The number of halogens is 1. The predicted molar refractivity (Wildman–Crippen MR) is 87.8 cm³/mol. The number of hydrogen-bond donors (Lipinski definition) is 2. The maximum Gasteiger partial charge on any atom is 0.220 e. The lowest BCUT2D eigenvalue weighted by molar-refractivity contribution is -0.121. The summed E-state index contributed by atoms with van der Waals surface area (Å²) in [6.45, 7) is 0.935. The molecule has 0 atom stereocenters. The molecule has 21 heavy (non-hydrogen) atoms. The van der Waals surface area contributed by atoms with Crippen LogP contribution < -0.4 is 5.32 Å². The molecule has 1 amide bonds. The molecule has 2 rings (SSSR count). The predicted octanol–water partition coefficient (Wildman–Crippen LogP) is 3.49. The average Bonchev–Trinajstić information content (AvgIpc) is 3.24. The van der Waals surface area contributed by atoms with Crippen molar-refractivity contribution in [2.24, 2.45) is 5.41 Å². The number of thioether (sulfide) groups is 1. The number of carbonyl (C=O) groups is 1. The van der Waals surface area contributed by atoms with Gasteiger partial charge in [-0.3, -0.25) is 4.79 Å². The molecule has 3 nitrogen and oxygen atoms in total. The summed E-state index contributed by atoms with van der Waals surface area (Å²) in [4.78, 5) is 13.0. The van der Waals surface area contributed by atoms with Gasteiger partial charge >= 0.3 is 0 Å². The Morgan fingerprint density at radius 1 is 1.33 bits per heavy atom. The number of hydrogen-bond acceptors (Lipinski definition) is 3. The van der Waals surface area contributed by atoms with Crippen LogP contribution in [-0.2, 0) is 4.79 Å². The highest BCUT2D eigenvalue weighted by atomic mass is 35.5. The largest absolute Gasteiger partial charge is 0.396 e. The lowest BCUT2D eigenvalue weighted by Crippen LogP contribution is -2.30. The molecule has 0 spiro atoms. The van der Waals surface area contributed by atoms with Crippen molar-refractivity contribution in [2.45, 2.75) is 37.0 Å². The molecule has 5 heteroatoms. The van der Waals surface area contributed by atoms with Crippen molar-refractivity contribution in [2.75, 3.05) is 18.9 Å². The van der Waals surface area contributed by atoms with Gasteiger partial charge in [0.1, 0.15) is 0 Å². The molecule has 116 valence electrons. The highest BCUT2D eigenvalue weighted by Gasteiger charge is 2.41. The van der Waals surface area contributed by atoms with Crippen LogP contribution in [0.2, 0.25) is 5.02 Å². The maximum absolute atomic E-state index is 11.8. The number of nitrogens with one attached hydrogen (secondary N) is 1. The summed E-state index contributed by atoms with van der Waals surface area (Å²) in [7, 11) is 0. The van der Waals surface area contributed by atoms with Gasteiger partial charge in [0.15, 0.2) is 0 Å². The summed E-state index contributed by atoms with van der Waals surface area (Å²) in [6.07, 6.45) is 4.49. The normalized spacial score (nSPS) is 15.7. The molecule has 1 fully saturated rings. The van der Waals surface area contributed by atoms with Gasteiger partial charge in [0.25, 0.3) is 0 Å². The van der Waals surface area contributed by atoms with Crippen molar-refractivity contribution in [1.29, 1.82) is 0 Å². The standard InChI is InChI=1S/C16H22ClNO2S/c17-13-3-5-14(6-4-13)21-11-1-2-15(20)18-12-16(7-8-16)9-10-19/h3-6,19H,1-2,7-12H2,(H,18,20). The van der Waals surface area contributed by atoms with Gasteiger partial charge in [0.2, 0.25) is 5.91 Å². The smallest absolute Gasteiger partial charge is 0.220 e. The van der Waals surface area contributed by atoms with E-state index in [-0.39, 0.29) is 17.9 Å². The van der Waals surface area contributed by atoms with E-state index >= 15 is 0 Å². The summed E-state index contributed by atoms with van der Waals surface area (Å²) in [6, 6.07) is 7.76. The van der Waals surface area contributed by atoms with Crippen LogP contribution in [0.1, 0.15) is 32.1 Å². The monoisotopic (exact) mass is 327 g/mol. The quantitative estimate of drug-likeness (QED) is 0.539. The molecule has 0 saturated heterocycles. The van der Waals surface area contributed by atoms with E-state index < -0.39 is 0 Å². The van der Waals surface area contributed by atoms with E-state index in [1.165, 1.54) is 4.90 Å². The third-order valence-electron chi connectivity index (χ3n) is 3.89. The molecule has 1 aromatic rings. The minimum Gasteiger partial charge on any atom is -0.396 e. The minimum atomic E-state index is 0.121. The average molecular weight is 328 g/mol. The fraction of sp³-hybridized carbons (Fsp3) is 0.562. The molecular formula is C16H22ClNO2S. The van der Waals surface area contributed by atoms with Gasteiger partial charge in [-0.2, -0.15) is 0 Å². The second kappa shape index (κ2) is 8.06. The Balaban J connectivity index is 1.56. The van der Waals surface area contributed by atoms with Gasteiger partial charge in [0, 0.05) is 29.5 Å². The highest BCUT2D eigenvalue weighted by Crippen LogP contribution is 2.47. The van der Waals surface area contributed by atoms with Gasteiger partial charge in [-0.25, -0.2) is 0 Å². The number of aliphatic hydroxyl groups is 1. The SMILES string of the molecule is O=C(CCCSc1ccc(Cl)cc1)NCC1(CCO)CC1. The first-order valence-electron chi connectivity index (χ1n) is 7.39. The maximum atomic E-state index is 11.8. The van der Waals surface area contributed by atoms with Crippen molar-refractivity contribution in [3.05, 3.63) is 29.3 Å². The summed E-state index contributed by atoms with van der Waals surface area (Å²) in [5.74, 6) is 1.05. The molecule has 2 N–H and O–H groups in total. The summed E-state index contributed by atoms with van der Waals surface area (Å²) < 4.78 is 0. The van der Waals surface area contributed by atoms with E-state index in [4.69, 9.17) is 16.7 Å². The van der Waals surface area contributed by atoms with E-state index in [0.717, 1.165) is 43.0 Å². The van der Waals surface area contributed by atoms with E-state index in [1.807, 2.05) is 24.3 Å². The lowest BCUT2D eigenvalue weighted by atomic mass is 10.0. The van der Waals surface area contributed by atoms with Crippen molar-refractivity contribution in [3.63, 3.8) is 0 Å². The molecule has 1 aliphatic rings. The lowest BCUT2D eigenvalue weighted by Gasteiger charge is -2.14. The van der Waals surface area contributed by atoms with Crippen molar-refractivity contribution in [1.82, 2.24) is 5.32 Å². The zero-order valence-electron chi connectivity index (χ0n) is 12.1. The summed E-state index contributed by atoms with van der Waals surface area (Å²) in [5.41, 5.74) is 0.197. The zero-order valence-corrected chi connectivity index (χ0v) is 13.7. The van der Waals surface area contributed by atoms with Crippen molar-refractivity contribution < 1.29 is 9.90 Å². The molecule has 1 aromatic carbocycles. The van der Waals surface area contributed by atoms with Gasteiger partial charge in [0.05, 0.1) is 0 Å². The Bertz CT molecular complexity index is 460. The Kier molecular flexibility index (Phi) is 6.40. The van der Waals surface area contributed by atoms with E-state index in [0.29, 0.717) is 6.42 Å². The Labute approximate surface area is 135 Å². The van der Waals surface area contributed by atoms with Gasteiger partial charge in [-0.15, -0.1) is 11.8 Å². The number of rotatable bonds is 9. The first-order valence-corrected chi connectivity index (χ1v) is 8.76. The van der Waals surface area contributed by atoms with Crippen LogP contribution in [0.3, 0.4) is 0 Å².